The minimum atomic E-state index is -0.694. The Morgan fingerprint density at radius 3 is 2.06 bits per heavy atom. The van der Waals surface area contributed by atoms with Crippen LogP contribution in [0.1, 0.15) is 90.4 Å². The summed E-state index contributed by atoms with van der Waals surface area (Å²) in [7, 11) is 1.27. The van der Waals surface area contributed by atoms with Crippen LogP contribution < -0.4 is 21.2 Å². The Hall–Kier alpha value is -2.72. The zero-order valence-corrected chi connectivity index (χ0v) is 19.8. The van der Waals surface area contributed by atoms with E-state index in [4.69, 9.17) is 9.94 Å². The molecule has 3 N–H and O–H groups in total. The van der Waals surface area contributed by atoms with E-state index in [1.165, 1.54) is 77.0 Å². The van der Waals surface area contributed by atoms with Gasteiger partial charge in [-0.1, -0.05) is 77.6 Å². The molecule has 0 spiro atoms. The molecule has 0 saturated carbocycles. The van der Waals surface area contributed by atoms with Crippen molar-refractivity contribution in [3.63, 3.8) is 0 Å². The summed E-state index contributed by atoms with van der Waals surface area (Å²) in [5, 5.41) is 42.8. The van der Waals surface area contributed by atoms with E-state index < -0.39 is 21.8 Å². The molecule has 188 valence electrons. The number of allylic oxidation sites excluding steroid dienone is 1. The zero-order chi connectivity index (χ0) is 24.5. The Kier molecular flexibility index (Phi) is 14.5. The summed E-state index contributed by atoms with van der Waals surface area (Å²) in [5.74, 6) is -0.550. The van der Waals surface area contributed by atoms with Crippen LogP contribution in [0.2, 0.25) is 0 Å². The molecule has 0 unspecified atom stereocenters. The number of rotatable bonds is 19. The predicted molar refractivity (Wildman–Crippen MR) is 127 cm³/mol. The van der Waals surface area contributed by atoms with Gasteiger partial charge in [-0.3, -0.25) is 20.7 Å². The summed E-state index contributed by atoms with van der Waals surface area (Å²) in [6, 6.07) is 3.41. The van der Waals surface area contributed by atoms with Gasteiger partial charge in [-0.25, -0.2) is 0 Å². The lowest BCUT2D eigenvalue weighted by molar-refractivity contribution is -0.384. The largest absolute Gasteiger partial charge is 0.733 e. The average Bonchev–Trinajstić information content (AvgIpc) is 2.80. The molecule has 1 aromatic carbocycles. The topological polar surface area (TPSA) is 146 Å². The number of nitrogens with zero attached hydrogens (tertiary/aromatic N) is 2. The monoisotopic (exact) mass is 466 g/mol. The van der Waals surface area contributed by atoms with Crippen LogP contribution in [0.15, 0.2) is 29.8 Å². The molecule has 0 aliphatic carbocycles. The van der Waals surface area contributed by atoms with Gasteiger partial charge < -0.3 is 25.7 Å². The van der Waals surface area contributed by atoms with E-state index in [1.54, 1.807) is 0 Å². The van der Waals surface area contributed by atoms with Gasteiger partial charge in [0.1, 0.15) is 5.69 Å². The van der Waals surface area contributed by atoms with E-state index in [-0.39, 0.29) is 17.1 Å². The minimum absolute atomic E-state index is 0.0432. The highest BCUT2D eigenvalue weighted by molar-refractivity contribution is 5.67. The number of anilines is 2. The number of hydrogen-bond donors (Lipinski definition) is 3. The van der Waals surface area contributed by atoms with Crippen molar-refractivity contribution >= 4 is 17.1 Å². The third-order valence-electron chi connectivity index (χ3n) is 5.46. The van der Waals surface area contributed by atoms with Crippen molar-refractivity contribution in [3.8, 4) is 0 Å². The first-order valence-electron chi connectivity index (χ1n) is 11.8. The molecule has 0 saturated heterocycles. The second kappa shape index (κ2) is 16.8. The number of nitrogens with one attached hydrogen (secondary N) is 2. The van der Waals surface area contributed by atoms with Crippen LogP contribution in [0.3, 0.4) is 0 Å². The molecule has 1 rings (SSSR count). The summed E-state index contributed by atoms with van der Waals surface area (Å²) in [6.45, 7) is 2.23. The molecule has 0 aliphatic rings. The third-order valence-corrected chi connectivity index (χ3v) is 5.46. The van der Waals surface area contributed by atoms with Gasteiger partial charge in [-0.2, -0.15) is 0 Å². The highest BCUT2D eigenvalue weighted by atomic mass is 16.8. The number of ether oxygens (including phenoxy) is 1. The number of nitro groups is 1. The molecule has 10 heteroatoms. The third kappa shape index (κ3) is 11.6. The van der Waals surface area contributed by atoms with Crippen LogP contribution in [0.25, 0.3) is 0 Å². The summed E-state index contributed by atoms with van der Waals surface area (Å²) in [4.78, 5) is 10.6. The average molecular weight is 467 g/mol. The molecule has 0 amide bonds. The Labute approximate surface area is 196 Å². The second-order valence-electron chi connectivity index (χ2n) is 8.09. The van der Waals surface area contributed by atoms with Crippen LogP contribution in [0.4, 0.5) is 17.1 Å². The van der Waals surface area contributed by atoms with Gasteiger partial charge >= 0.3 is 0 Å². The van der Waals surface area contributed by atoms with Crippen LogP contribution in [-0.4, -0.2) is 17.2 Å². The van der Waals surface area contributed by atoms with Crippen molar-refractivity contribution in [1.82, 2.24) is 5.43 Å². The van der Waals surface area contributed by atoms with Gasteiger partial charge in [0.05, 0.1) is 22.3 Å². The van der Waals surface area contributed by atoms with Gasteiger partial charge in [0.25, 0.3) is 5.69 Å². The van der Waals surface area contributed by atoms with Crippen molar-refractivity contribution in [1.29, 1.82) is 0 Å². The molecule has 0 radical (unpaired) electrons. The fourth-order valence-electron chi connectivity index (χ4n) is 3.52. The summed E-state index contributed by atoms with van der Waals surface area (Å²) >= 11 is 0. The first kappa shape index (κ1) is 28.3. The van der Waals surface area contributed by atoms with Crippen molar-refractivity contribution in [2.75, 3.05) is 17.8 Å². The van der Waals surface area contributed by atoms with E-state index in [0.717, 1.165) is 25.3 Å². The molecule has 10 nitrogen and oxygen atoms in total. The number of unbranched alkanes of at least 4 members (excludes halogenated alkanes) is 11. The highest BCUT2D eigenvalue weighted by Crippen LogP contribution is 2.29. The van der Waals surface area contributed by atoms with Crippen molar-refractivity contribution in [2.45, 2.75) is 90.4 Å². The Balaban J connectivity index is 2.40. The Morgan fingerprint density at radius 2 is 1.58 bits per heavy atom. The molecule has 0 bridgehead atoms. The van der Waals surface area contributed by atoms with Crippen molar-refractivity contribution < 1.29 is 20.0 Å². The van der Waals surface area contributed by atoms with Gasteiger partial charge in [-0.15, -0.1) is 0 Å². The van der Waals surface area contributed by atoms with Crippen molar-refractivity contribution in [2.24, 2.45) is 0 Å². The lowest BCUT2D eigenvalue weighted by atomic mass is 10.0. The molecule has 0 fully saturated rings. The van der Waals surface area contributed by atoms with Gasteiger partial charge in [0, 0.05) is 6.07 Å². The number of hydrogen-bond acceptors (Lipinski definition) is 9. The minimum Gasteiger partial charge on any atom is -0.733 e. The van der Waals surface area contributed by atoms with Gasteiger partial charge in [-0.05, 0) is 32.1 Å². The zero-order valence-electron chi connectivity index (χ0n) is 19.8. The van der Waals surface area contributed by atoms with Crippen molar-refractivity contribution in [3.05, 3.63) is 45.2 Å². The first-order valence-corrected chi connectivity index (χ1v) is 11.8. The normalized spacial score (nSPS) is 11.6. The smallest absolute Gasteiger partial charge is 0.296 e. The number of hydrazine groups is 1. The molecular weight excluding hydrogens is 428 g/mol. The van der Waals surface area contributed by atoms with Crippen LogP contribution >= 0.6 is 0 Å². The lowest BCUT2D eigenvalue weighted by Crippen LogP contribution is -2.26. The summed E-state index contributed by atoms with van der Waals surface area (Å²) in [6.07, 6.45) is 14.9. The first-order chi connectivity index (χ1) is 15.9. The fraction of sp³-hybridized carbons (Fsp3) is 0.652. The fourth-order valence-corrected chi connectivity index (χ4v) is 3.52. The van der Waals surface area contributed by atoms with Crippen LogP contribution in [-0.2, 0) is 4.74 Å². The molecular formula is C23H38N4O6-2. The Bertz CT molecular complexity index is 727. The van der Waals surface area contributed by atoms with E-state index in [0.29, 0.717) is 6.42 Å². The van der Waals surface area contributed by atoms with Gasteiger partial charge in [0.15, 0.2) is 0 Å². The van der Waals surface area contributed by atoms with E-state index >= 15 is 0 Å². The second-order valence-corrected chi connectivity index (χ2v) is 8.09. The molecule has 0 aliphatic heterocycles. The predicted octanol–water partition coefficient (Wildman–Crippen LogP) is 5.47. The Morgan fingerprint density at radius 1 is 1.03 bits per heavy atom. The molecule has 0 aromatic heterocycles. The van der Waals surface area contributed by atoms with Gasteiger partial charge in [0.2, 0.25) is 0 Å². The number of benzene rings is 1. The van der Waals surface area contributed by atoms with E-state index in [2.05, 4.69) is 17.8 Å². The SMILES string of the molecule is CCCCCCCCCCCCCCC(NNc1ccc(N([O-])O)cc1[N+](=O)[O-])=C([O-])OC. The number of methoxy groups -OCH3 is 1. The van der Waals surface area contributed by atoms with E-state index in [1.807, 2.05) is 0 Å². The summed E-state index contributed by atoms with van der Waals surface area (Å²) < 4.78 is 4.79. The maximum absolute atomic E-state index is 12.1. The quantitative estimate of drug-likeness (QED) is 0.104. The maximum atomic E-state index is 12.1. The highest BCUT2D eigenvalue weighted by Gasteiger charge is 2.15. The number of nitro benzene ring substituents is 1. The molecule has 33 heavy (non-hydrogen) atoms. The standard InChI is InChI=1S/C23H39N4O6/c1-3-4-5-6-7-8-9-10-11-12-13-14-15-21(23(28)33-2)25-24-20-17-16-19(26(29)30)18-22(20)27(31)32/h16-18,24-25,28-29H,3-15H2,1-2H3/q-1/p-1. The van der Waals surface area contributed by atoms with Crippen LogP contribution in [0, 0.1) is 15.3 Å². The molecule has 1 aromatic rings. The maximum Gasteiger partial charge on any atom is 0.296 e. The molecule has 0 heterocycles. The molecule has 0 atom stereocenters. The van der Waals surface area contributed by atoms with E-state index in [9.17, 15) is 20.4 Å². The summed E-state index contributed by atoms with van der Waals surface area (Å²) in [5.41, 5.74) is 4.94. The lowest BCUT2D eigenvalue weighted by Gasteiger charge is -2.22. The van der Waals surface area contributed by atoms with Crippen LogP contribution in [0.5, 0.6) is 0 Å².